The molecule has 0 unspecified atom stereocenters. The summed E-state index contributed by atoms with van der Waals surface area (Å²) >= 11 is 0. The Labute approximate surface area is 105 Å². The molecule has 18 heavy (non-hydrogen) atoms. The van der Waals surface area contributed by atoms with E-state index in [4.69, 9.17) is 14.6 Å². The maximum Gasteiger partial charge on any atom is 0.186 e. The van der Waals surface area contributed by atoms with Crippen LogP contribution >= 0.6 is 0 Å². The maximum atomic E-state index is 9.62. The number of hydrogen-bond donors (Lipinski definition) is 5. The molecule has 0 radical (unpaired) electrons. The predicted molar refractivity (Wildman–Crippen MR) is 60.5 cm³/mol. The molecule has 1 saturated heterocycles. The summed E-state index contributed by atoms with van der Waals surface area (Å²) in [5.74, 6) is 0. The molecular formula is C11H20O7. The van der Waals surface area contributed by atoms with Crippen molar-refractivity contribution in [2.45, 2.75) is 43.2 Å². The predicted octanol–water partition coefficient (Wildman–Crippen LogP) is -2.26. The third-order valence-electron chi connectivity index (χ3n) is 2.74. The summed E-state index contributed by atoms with van der Waals surface area (Å²) in [6.07, 6.45) is -5.52. The van der Waals surface area contributed by atoms with Gasteiger partial charge in [0.15, 0.2) is 6.29 Å². The fourth-order valence-corrected chi connectivity index (χ4v) is 1.67. The topological polar surface area (TPSA) is 120 Å². The Bertz CT molecular complexity index is 258. The van der Waals surface area contributed by atoms with Crippen LogP contribution in [0, 0.1) is 0 Å². The smallest absolute Gasteiger partial charge is 0.186 e. The van der Waals surface area contributed by atoms with Crippen LogP contribution in [-0.4, -0.2) is 75.6 Å². The minimum absolute atomic E-state index is 0.116. The minimum Gasteiger partial charge on any atom is -0.394 e. The summed E-state index contributed by atoms with van der Waals surface area (Å²) in [5, 5.41) is 47.0. The molecule has 0 spiro atoms. The van der Waals surface area contributed by atoms with Crippen molar-refractivity contribution in [2.75, 3.05) is 13.2 Å². The van der Waals surface area contributed by atoms with Crippen LogP contribution in [0.3, 0.4) is 0 Å². The van der Waals surface area contributed by atoms with Gasteiger partial charge in [-0.2, -0.15) is 0 Å². The van der Waals surface area contributed by atoms with E-state index in [1.54, 1.807) is 0 Å². The summed E-state index contributed by atoms with van der Waals surface area (Å²) < 4.78 is 10.2. The second kappa shape index (κ2) is 7.15. The van der Waals surface area contributed by atoms with Gasteiger partial charge in [-0.3, -0.25) is 0 Å². The molecule has 1 heterocycles. The molecule has 0 aliphatic carbocycles. The lowest BCUT2D eigenvalue weighted by molar-refractivity contribution is -0.304. The van der Waals surface area contributed by atoms with E-state index in [0.29, 0.717) is 6.42 Å². The second-order valence-electron chi connectivity index (χ2n) is 4.21. The van der Waals surface area contributed by atoms with Gasteiger partial charge < -0.3 is 35.0 Å². The number of ether oxygens (including phenoxy) is 2. The minimum atomic E-state index is -1.47. The number of rotatable bonds is 6. The van der Waals surface area contributed by atoms with Crippen LogP contribution in [-0.2, 0) is 9.47 Å². The quantitative estimate of drug-likeness (QED) is 0.343. The molecule has 1 rings (SSSR count). The van der Waals surface area contributed by atoms with E-state index in [0.717, 1.165) is 0 Å². The Morgan fingerprint density at radius 1 is 1.22 bits per heavy atom. The number of aliphatic hydroxyl groups excluding tert-OH is 5. The number of hydrogen-bond acceptors (Lipinski definition) is 7. The summed E-state index contributed by atoms with van der Waals surface area (Å²) in [4.78, 5) is 0. The lowest BCUT2D eigenvalue weighted by atomic mass is 9.99. The van der Waals surface area contributed by atoms with Crippen LogP contribution in [0.15, 0.2) is 12.7 Å². The Morgan fingerprint density at radius 2 is 1.89 bits per heavy atom. The molecule has 0 bridgehead atoms. The van der Waals surface area contributed by atoms with Crippen molar-refractivity contribution in [1.82, 2.24) is 0 Å². The van der Waals surface area contributed by atoms with Gasteiger partial charge in [0.1, 0.15) is 24.4 Å². The average Bonchev–Trinajstić information content (AvgIpc) is 2.35. The van der Waals surface area contributed by atoms with E-state index >= 15 is 0 Å². The fraction of sp³-hybridized carbons (Fsp3) is 0.818. The summed E-state index contributed by atoms with van der Waals surface area (Å²) in [6, 6.07) is 0. The van der Waals surface area contributed by atoms with Crippen LogP contribution in [0.1, 0.15) is 6.42 Å². The summed E-state index contributed by atoms with van der Waals surface area (Å²) in [7, 11) is 0. The van der Waals surface area contributed by atoms with Crippen LogP contribution in [0.5, 0.6) is 0 Å². The Hall–Kier alpha value is -0.540. The fourth-order valence-electron chi connectivity index (χ4n) is 1.67. The molecule has 106 valence electrons. The van der Waals surface area contributed by atoms with E-state index in [9.17, 15) is 20.4 Å². The highest BCUT2D eigenvalue weighted by molar-refractivity contribution is 4.89. The molecule has 5 N–H and O–H groups in total. The lowest BCUT2D eigenvalue weighted by Gasteiger charge is -2.39. The molecule has 7 heteroatoms. The van der Waals surface area contributed by atoms with Crippen molar-refractivity contribution in [2.24, 2.45) is 0 Å². The van der Waals surface area contributed by atoms with Crippen molar-refractivity contribution in [3.8, 4) is 0 Å². The summed E-state index contributed by atoms with van der Waals surface area (Å²) in [5.41, 5.74) is 0. The standard InChI is InChI=1S/C11H20O7/c1-2-3-6(13)5-17-11-10(16)9(15)8(14)7(4-12)18-11/h2,6-16H,1,3-5H2/t6-,7+,8+,9-,10+,11+/m0/s1. The SMILES string of the molecule is C=CC[C@H](O)CO[C@@H]1O[C@H](CO)[C@@H](O)[C@H](O)[C@H]1O. The molecule has 0 aromatic heterocycles. The molecule has 7 nitrogen and oxygen atoms in total. The highest BCUT2D eigenvalue weighted by atomic mass is 16.7. The highest BCUT2D eigenvalue weighted by Crippen LogP contribution is 2.22. The van der Waals surface area contributed by atoms with Gasteiger partial charge in [0.05, 0.1) is 19.3 Å². The van der Waals surface area contributed by atoms with Gasteiger partial charge in [-0.1, -0.05) is 6.08 Å². The zero-order chi connectivity index (χ0) is 13.7. The molecular weight excluding hydrogens is 244 g/mol. The zero-order valence-electron chi connectivity index (χ0n) is 9.92. The van der Waals surface area contributed by atoms with Gasteiger partial charge >= 0.3 is 0 Å². The maximum absolute atomic E-state index is 9.62. The molecule has 1 fully saturated rings. The van der Waals surface area contributed by atoms with E-state index in [-0.39, 0.29) is 6.61 Å². The molecule has 0 amide bonds. The Kier molecular flexibility index (Phi) is 6.16. The molecule has 0 saturated carbocycles. The highest BCUT2D eigenvalue weighted by Gasteiger charge is 2.44. The largest absolute Gasteiger partial charge is 0.394 e. The molecule has 0 aromatic carbocycles. The van der Waals surface area contributed by atoms with Gasteiger partial charge in [0.2, 0.25) is 0 Å². The van der Waals surface area contributed by atoms with Crippen LogP contribution in [0.4, 0.5) is 0 Å². The monoisotopic (exact) mass is 264 g/mol. The van der Waals surface area contributed by atoms with Crippen molar-refractivity contribution in [1.29, 1.82) is 0 Å². The van der Waals surface area contributed by atoms with Crippen molar-refractivity contribution < 1.29 is 35.0 Å². The van der Waals surface area contributed by atoms with Gasteiger partial charge in [-0.15, -0.1) is 6.58 Å². The summed E-state index contributed by atoms with van der Waals surface area (Å²) in [6.45, 7) is 2.83. The van der Waals surface area contributed by atoms with Gasteiger partial charge in [-0.05, 0) is 6.42 Å². The molecule has 0 aromatic rings. The van der Waals surface area contributed by atoms with Gasteiger partial charge in [0, 0.05) is 0 Å². The van der Waals surface area contributed by atoms with Crippen molar-refractivity contribution in [3.05, 3.63) is 12.7 Å². The van der Waals surface area contributed by atoms with Crippen LogP contribution in [0.2, 0.25) is 0 Å². The van der Waals surface area contributed by atoms with E-state index < -0.39 is 43.4 Å². The third kappa shape index (κ3) is 3.72. The molecule has 1 aliphatic rings. The second-order valence-corrected chi connectivity index (χ2v) is 4.21. The van der Waals surface area contributed by atoms with Gasteiger partial charge in [-0.25, -0.2) is 0 Å². The molecule has 6 atom stereocenters. The lowest BCUT2D eigenvalue weighted by Crippen LogP contribution is -2.59. The van der Waals surface area contributed by atoms with E-state index in [1.165, 1.54) is 6.08 Å². The van der Waals surface area contributed by atoms with E-state index in [1.807, 2.05) is 0 Å². The first kappa shape index (κ1) is 15.5. The van der Waals surface area contributed by atoms with Crippen LogP contribution < -0.4 is 0 Å². The normalized spacial score (nSPS) is 38.4. The number of aliphatic hydroxyl groups is 5. The van der Waals surface area contributed by atoms with Crippen LogP contribution in [0.25, 0.3) is 0 Å². The Balaban J connectivity index is 2.51. The third-order valence-corrected chi connectivity index (χ3v) is 2.74. The first-order valence-corrected chi connectivity index (χ1v) is 5.72. The van der Waals surface area contributed by atoms with E-state index in [2.05, 4.69) is 6.58 Å². The molecule has 1 aliphatic heterocycles. The van der Waals surface area contributed by atoms with Gasteiger partial charge in [0.25, 0.3) is 0 Å². The Morgan fingerprint density at radius 3 is 2.44 bits per heavy atom. The van der Waals surface area contributed by atoms with Crippen molar-refractivity contribution in [3.63, 3.8) is 0 Å². The zero-order valence-corrected chi connectivity index (χ0v) is 9.92. The first-order chi connectivity index (χ1) is 8.51. The first-order valence-electron chi connectivity index (χ1n) is 5.72. The van der Waals surface area contributed by atoms with Crippen molar-refractivity contribution >= 4 is 0 Å². The average molecular weight is 264 g/mol.